The van der Waals surface area contributed by atoms with Gasteiger partial charge in [-0.2, -0.15) is 0 Å². The van der Waals surface area contributed by atoms with Crippen LogP contribution in [0, 0.1) is 5.92 Å². The number of nitrogens with zero attached hydrogens (tertiary/aromatic N) is 1. The van der Waals surface area contributed by atoms with Crippen LogP contribution < -0.4 is 0 Å². The van der Waals surface area contributed by atoms with Crippen molar-refractivity contribution in [2.45, 2.75) is 72.1 Å². The molecular weight excluding hydrogens is 194 g/mol. The quantitative estimate of drug-likeness (QED) is 0.462. The highest BCUT2D eigenvalue weighted by Gasteiger charge is 1.96. The molecule has 0 saturated carbocycles. The highest BCUT2D eigenvalue weighted by molar-refractivity contribution is 4.51. The molecule has 0 radical (unpaired) electrons. The molecule has 98 valence electrons. The van der Waals surface area contributed by atoms with Gasteiger partial charge in [0.2, 0.25) is 0 Å². The van der Waals surface area contributed by atoms with Crippen molar-refractivity contribution in [1.82, 2.24) is 4.90 Å². The van der Waals surface area contributed by atoms with Crippen LogP contribution in [0.4, 0.5) is 0 Å². The zero-order valence-corrected chi connectivity index (χ0v) is 12.1. The predicted molar refractivity (Wildman–Crippen MR) is 74.9 cm³/mol. The Balaban J connectivity index is 2.99. The van der Waals surface area contributed by atoms with Gasteiger partial charge in [-0.15, -0.1) is 0 Å². The van der Waals surface area contributed by atoms with Crippen LogP contribution in [0.2, 0.25) is 0 Å². The van der Waals surface area contributed by atoms with Crippen LogP contribution in [0.3, 0.4) is 0 Å². The van der Waals surface area contributed by atoms with Crippen LogP contribution in [-0.4, -0.2) is 25.0 Å². The molecule has 0 aliphatic rings. The molecular formula is C15H33N. The largest absolute Gasteiger partial charge is 0.307 e. The van der Waals surface area contributed by atoms with Crippen molar-refractivity contribution in [2.24, 2.45) is 5.92 Å². The van der Waals surface area contributed by atoms with E-state index in [1.165, 1.54) is 64.5 Å². The van der Waals surface area contributed by atoms with Gasteiger partial charge in [-0.1, -0.05) is 65.7 Å². The monoisotopic (exact) mass is 227 g/mol. The summed E-state index contributed by atoms with van der Waals surface area (Å²) in [6.45, 7) is 9.35. The van der Waals surface area contributed by atoms with E-state index in [1.807, 2.05) is 0 Å². The van der Waals surface area contributed by atoms with Gasteiger partial charge in [-0.25, -0.2) is 0 Å². The van der Waals surface area contributed by atoms with Gasteiger partial charge in [-0.3, -0.25) is 0 Å². The number of rotatable bonds is 11. The lowest BCUT2D eigenvalue weighted by atomic mass is 10.0. The summed E-state index contributed by atoms with van der Waals surface area (Å²) in [5, 5.41) is 0. The molecule has 0 aliphatic carbocycles. The van der Waals surface area contributed by atoms with Crippen molar-refractivity contribution < 1.29 is 0 Å². The van der Waals surface area contributed by atoms with E-state index in [4.69, 9.17) is 0 Å². The third kappa shape index (κ3) is 12.0. The first-order valence-electron chi connectivity index (χ1n) is 7.35. The molecule has 0 atom stereocenters. The maximum Gasteiger partial charge on any atom is -0.00219 e. The van der Waals surface area contributed by atoms with Gasteiger partial charge >= 0.3 is 0 Å². The molecule has 0 aromatic heterocycles. The highest BCUT2D eigenvalue weighted by Crippen LogP contribution is 2.11. The van der Waals surface area contributed by atoms with Gasteiger partial charge in [0, 0.05) is 0 Å². The summed E-state index contributed by atoms with van der Waals surface area (Å²) >= 11 is 0. The third-order valence-electron chi connectivity index (χ3n) is 3.36. The molecule has 16 heavy (non-hydrogen) atoms. The van der Waals surface area contributed by atoms with Crippen LogP contribution >= 0.6 is 0 Å². The fraction of sp³-hybridized carbons (Fsp3) is 1.00. The minimum Gasteiger partial charge on any atom is -0.307 e. The first-order chi connectivity index (χ1) is 7.66. The number of hydrogen-bond donors (Lipinski definition) is 0. The van der Waals surface area contributed by atoms with Crippen molar-refractivity contribution in [3.05, 3.63) is 0 Å². The molecule has 0 rings (SSSR count). The van der Waals surface area contributed by atoms with Crippen LogP contribution in [0.5, 0.6) is 0 Å². The zero-order valence-electron chi connectivity index (χ0n) is 12.1. The topological polar surface area (TPSA) is 3.24 Å². The van der Waals surface area contributed by atoms with E-state index >= 15 is 0 Å². The molecule has 0 aromatic carbocycles. The SMILES string of the molecule is CCN(C)CCCCCCCCCC(C)C. The van der Waals surface area contributed by atoms with E-state index in [2.05, 4.69) is 32.7 Å². The first kappa shape index (κ1) is 16.0. The molecule has 0 amide bonds. The van der Waals surface area contributed by atoms with Gasteiger partial charge in [0.25, 0.3) is 0 Å². The first-order valence-corrected chi connectivity index (χ1v) is 7.35. The van der Waals surface area contributed by atoms with Gasteiger partial charge in [-0.05, 0) is 32.5 Å². The average Bonchev–Trinajstić information content (AvgIpc) is 2.26. The third-order valence-corrected chi connectivity index (χ3v) is 3.36. The minimum atomic E-state index is 0.893. The van der Waals surface area contributed by atoms with Crippen molar-refractivity contribution >= 4 is 0 Å². The zero-order chi connectivity index (χ0) is 12.2. The molecule has 1 heteroatoms. The van der Waals surface area contributed by atoms with Gasteiger partial charge < -0.3 is 4.90 Å². The van der Waals surface area contributed by atoms with Crippen molar-refractivity contribution in [2.75, 3.05) is 20.1 Å². The number of unbranched alkanes of at least 4 members (excludes halogenated alkanes) is 6. The van der Waals surface area contributed by atoms with Crippen molar-refractivity contribution in [1.29, 1.82) is 0 Å². The van der Waals surface area contributed by atoms with Gasteiger partial charge in [0.15, 0.2) is 0 Å². The minimum absolute atomic E-state index is 0.893. The van der Waals surface area contributed by atoms with Gasteiger partial charge in [0.05, 0.1) is 0 Å². The molecule has 0 aliphatic heterocycles. The van der Waals surface area contributed by atoms with E-state index in [0.29, 0.717) is 0 Å². The standard InChI is InChI=1S/C15H33N/c1-5-16(4)14-12-10-8-6-7-9-11-13-15(2)3/h15H,5-14H2,1-4H3. The van der Waals surface area contributed by atoms with Crippen LogP contribution in [0.15, 0.2) is 0 Å². The van der Waals surface area contributed by atoms with Crippen LogP contribution in [-0.2, 0) is 0 Å². The Kier molecular flexibility index (Phi) is 11.4. The summed E-state index contributed by atoms with van der Waals surface area (Å²) in [4.78, 5) is 2.41. The molecule has 0 bridgehead atoms. The average molecular weight is 227 g/mol. The smallest absolute Gasteiger partial charge is 0.00219 e. The number of hydrogen-bond acceptors (Lipinski definition) is 1. The maximum absolute atomic E-state index is 2.41. The lowest BCUT2D eigenvalue weighted by molar-refractivity contribution is 0.340. The predicted octanol–water partition coefficient (Wildman–Crippen LogP) is 4.71. The lowest BCUT2D eigenvalue weighted by Crippen LogP contribution is -2.18. The summed E-state index contributed by atoms with van der Waals surface area (Å²) in [6.07, 6.45) is 11.5. The molecule has 0 spiro atoms. The molecule has 0 fully saturated rings. The van der Waals surface area contributed by atoms with Crippen LogP contribution in [0.1, 0.15) is 72.1 Å². The second kappa shape index (κ2) is 11.4. The Hall–Kier alpha value is -0.0400. The Morgan fingerprint density at radius 3 is 1.81 bits per heavy atom. The Bertz CT molecular complexity index is 131. The lowest BCUT2D eigenvalue weighted by Gasteiger charge is -2.12. The Morgan fingerprint density at radius 2 is 1.31 bits per heavy atom. The van der Waals surface area contributed by atoms with E-state index in [1.54, 1.807) is 0 Å². The Labute approximate surface area is 104 Å². The van der Waals surface area contributed by atoms with E-state index in [-0.39, 0.29) is 0 Å². The van der Waals surface area contributed by atoms with E-state index in [0.717, 1.165) is 5.92 Å². The molecule has 0 unspecified atom stereocenters. The molecule has 1 nitrogen and oxygen atoms in total. The molecule has 0 heterocycles. The second-order valence-electron chi connectivity index (χ2n) is 5.55. The molecule has 0 N–H and O–H groups in total. The van der Waals surface area contributed by atoms with E-state index in [9.17, 15) is 0 Å². The summed E-state index contributed by atoms with van der Waals surface area (Å²) in [6, 6.07) is 0. The summed E-state index contributed by atoms with van der Waals surface area (Å²) < 4.78 is 0. The second-order valence-corrected chi connectivity index (χ2v) is 5.55. The fourth-order valence-electron chi connectivity index (χ4n) is 1.98. The molecule has 0 aromatic rings. The fourth-order valence-corrected chi connectivity index (χ4v) is 1.98. The summed E-state index contributed by atoms with van der Waals surface area (Å²) in [5.41, 5.74) is 0. The summed E-state index contributed by atoms with van der Waals surface area (Å²) in [7, 11) is 2.21. The van der Waals surface area contributed by atoms with Crippen LogP contribution in [0.25, 0.3) is 0 Å². The summed E-state index contributed by atoms with van der Waals surface area (Å²) in [5.74, 6) is 0.893. The maximum atomic E-state index is 2.41. The van der Waals surface area contributed by atoms with Crippen molar-refractivity contribution in [3.63, 3.8) is 0 Å². The highest BCUT2D eigenvalue weighted by atomic mass is 15.1. The molecule has 0 saturated heterocycles. The Morgan fingerprint density at radius 1 is 0.812 bits per heavy atom. The van der Waals surface area contributed by atoms with Gasteiger partial charge in [0.1, 0.15) is 0 Å². The normalized spacial score (nSPS) is 11.6. The van der Waals surface area contributed by atoms with Crippen molar-refractivity contribution in [3.8, 4) is 0 Å². The van der Waals surface area contributed by atoms with E-state index < -0.39 is 0 Å².